The van der Waals surface area contributed by atoms with E-state index in [4.69, 9.17) is 10.00 Å². The van der Waals surface area contributed by atoms with E-state index >= 15 is 0 Å². The molecular formula is C14H18N2O. The fourth-order valence-electron chi connectivity index (χ4n) is 2.18. The quantitative estimate of drug-likeness (QED) is 0.759. The fraction of sp³-hybridized carbons (Fsp3) is 0.500. The van der Waals surface area contributed by atoms with Crippen LogP contribution in [0.15, 0.2) is 24.3 Å². The molecule has 1 aromatic rings. The monoisotopic (exact) mass is 230 g/mol. The third-order valence-electron chi connectivity index (χ3n) is 3.26. The summed E-state index contributed by atoms with van der Waals surface area (Å²) in [5, 5.41) is 12.2. The maximum atomic E-state index is 8.85. The van der Waals surface area contributed by atoms with Crippen molar-refractivity contribution in [3.8, 4) is 6.07 Å². The van der Waals surface area contributed by atoms with Gasteiger partial charge in [-0.3, -0.25) is 0 Å². The number of nitrogens with one attached hydrogen (secondary N) is 1. The van der Waals surface area contributed by atoms with Crippen molar-refractivity contribution < 1.29 is 4.74 Å². The van der Waals surface area contributed by atoms with E-state index in [-0.39, 0.29) is 0 Å². The molecule has 0 bridgehead atoms. The number of benzene rings is 1. The average molecular weight is 230 g/mol. The lowest BCUT2D eigenvalue weighted by Crippen LogP contribution is -2.21. The first-order valence-corrected chi connectivity index (χ1v) is 6.05. The molecule has 1 aromatic carbocycles. The first kappa shape index (κ1) is 12.1. The maximum absolute atomic E-state index is 8.85. The molecule has 1 aliphatic rings. The van der Waals surface area contributed by atoms with Crippen LogP contribution in [0.3, 0.4) is 0 Å². The third-order valence-corrected chi connectivity index (χ3v) is 3.26. The number of nitrogens with zero attached hydrogens (tertiary/aromatic N) is 1. The Kier molecular flexibility index (Phi) is 4.13. The topological polar surface area (TPSA) is 45.0 Å². The predicted molar refractivity (Wildman–Crippen MR) is 66.8 cm³/mol. The van der Waals surface area contributed by atoms with Crippen LogP contribution in [0.1, 0.15) is 23.5 Å². The molecule has 90 valence electrons. The number of ether oxygens (including phenoxy) is 1. The molecule has 0 aromatic heterocycles. The van der Waals surface area contributed by atoms with Gasteiger partial charge in [-0.2, -0.15) is 5.26 Å². The molecule has 2 atom stereocenters. The molecular weight excluding hydrogens is 212 g/mol. The van der Waals surface area contributed by atoms with Gasteiger partial charge in [0.15, 0.2) is 0 Å². The molecule has 2 rings (SSSR count). The summed E-state index contributed by atoms with van der Waals surface area (Å²) in [7, 11) is 1.72. The van der Waals surface area contributed by atoms with Crippen molar-refractivity contribution >= 4 is 0 Å². The molecule has 0 spiro atoms. The Labute approximate surface area is 102 Å². The Hall–Kier alpha value is -1.37. The van der Waals surface area contributed by atoms with Crippen molar-refractivity contribution in [2.24, 2.45) is 5.92 Å². The highest BCUT2D eigenvalue weighted by Gasteiger charge is 2.37. The van der Waals surface area contributed by atoms with Gasteiger partial charge in [-0.15, -0.1) is 0 Å². The predicted octanol–water partition coefficient (Wildman–Crippen LogP) is 1.90. The maximum Gasteiger partial charge on any atom is 0.0991 e. The van der Waals surface area contributed by atoms with Gasteiger partial charge in [-0.25, -0.2) is 0 Å². The van der Waals surface area contributed by atoms with E-state index in [2.05, 4.69) is 17.5 Å². The molecule has 1 N–H and O–H groups in total. The Bertz CT molecular complexity index is 411. The minimum atomic E-state index is 0.637. The highest BCUT2D eigenvalue weighted by molar-refractivity contribution is 5.36. The number of hydrogen-bond acceptors (Lipinski definition) is 3. The first-order valence-electron chi connectivity index (χ1n) is 6.05. The van der Waals surface area contributed by atoms with Gasteiger partial charge in [0.1, 0.15) is 0 Å². The van der Waals surface area contributed by atoms with Crippen LogP contribution in [0.2, 0.25) is 0 Å². The lowest BCUT2D eigenvalue weighted by atomic mass is 10.1. The Balaban J connectivity index is 1.80. The zero-order chi connectivity index (χ0) is 12.1. The van der Waals surface area contributed by atoms with Crippen molar-refractivity contribution in [1.82, 2.24) is 5.32 Å². The van der Waals surface area contributed by atoms with E-state index in [0.717, 1.165) is 31.2 Å². The second-order valence-corrected chi connectivity index (χ2v) is 4.54. The van der Waals surface area contributed by atoms with Crippen LogP contribution < -0.4 is 5.32 Å². The summed E-state index contributed by atoms with van der Waals surface area (Å²) < 4.78 is 4.99. The standard InChI is InChI=1S/C14H18N2O/c1-17-6-5-16-10-13-8-14(13)12-4-2-3-11(7-12)9-15/h2-4,7,13-14,16H,5-6,8,10H2,1H3. The van der Waals surface area contributed by atoms with Gasteiger partial charge in [-0.1, -0.05) is 12.1 Å². The summed E-state index contributed by atoms with van der Waals surface area (Å²) in [4.78, 5) is 0. The summed E-state index contributed by atoms with van der Waals surface area (Å²) in [5.41, 5.74) is 2.07. The van der Waals surface area contributed by atoms with E-state index in [9.17, 15) is 0 Å². The van der Waals surface area contributed by atoms with E-state index in [1.54, 1.807) is 7.11 Å². The summed E-state index contributed by atoms with van der Waals surface area (Å²) in [5.74, 6) is 1.36. The molecule has 3 heteroatoms. The van der Waals surface area contributed by atoms with Crippen molar-refractivity contribution in [2.75, 3.05) is 26.8 Å². The SMILES string of the molecule is COCCNCC1CC1c1cccc(C#N)c1. The van der Waals surface area contributed by atoms with Crippen molar-refractivity contribution in [3.05, 3.63) is 35.4 Å². The van der Waals surface area contributed by atoms with Crippen LogP contribution in [0.5, 0.6) is 0 Å². The summed E-state index contributed by atoms with van der Waals surface area (Å²) in [6.07, 6.45) is 1.23. The van der Waals surface area contributed by atoms with E-state index in [0.29, 0.717) is 5.92 Å². The second kappa shape index (κ2) is 5.81. The van der Waals surface area contributed by atoms with Gasteiger partial charge in [-0.05, 0) is 42.5 Å². The van der Waals surface area contributed by atoms with Gasteiger partial charge in [0.25, 0.3) is 0 Å². The van der Waals surface area contributed by atoms with Crippen LogP contribution in [0.4, 0.5) is 0 Å². The molecule has 0 aliphatic heterocycles. The van der Waals surface area contributed by atoms with Crippen LogP contribution in [0, 0.1) is 17.2 Å². The minimum Gasteiger partial charge on any atom is -0.383 e. The molecule has 1 fully saturated rings. The molecule has 0 heterocycles. The molecule has 0 radical (unpaired) electrons. The van der Waals surface area contributed by atoms with Crippen molar-refractivity contribution in [1.29, 1.82) is 5.26 Å². The smallest absolute Gasteiger partial charge is 0.0991 e. The summed E-state index contributed by atoms with van der Waals surface area (Å²) in [6.45, 7) is 2.73. The average Bonchev–Trinajstić information content (AvgIpc) is 3.14. The van der Waals surface area contributed by atoms with Crippen LogP contribution in [-0.2, 0) is 4.74 Å². The normalized spacial score (nSPS) is 22.1. The van der Waals surface area contributed by atoms with E-state index in [1.165, 1.54) is 12.0 Å². The second-order valence-electron chi connectivity index (χ2n) is 4.54. The van der Waals surface area contributed by atoms with Crippen molar-refractivity contribution in [2.45, 2.75) is 12.3 Å². The molecule has 17 heavy (non-hydrogen) atoms. The van der Waals surface area contributed by atoms with Gasteiger partial charge in [0.2, 0.25) is 0 Å². The van der Waals surface area contributed by atoms with Crippen LogP contribution >= 0.6 is 0 Å². The van der Waals surface area contributed by atoms with E-state index < -0.39 is 0 Å². The highest BCUT2D eigenvalue weighted by Crippen LogP contribution is 2.46. The number of nitriles is 1. The lowest BCUT2D eigenvalue weighted by Gasteiger charge is -2.03. The fourth-order valence-corrected chi connectivity index (χ4v) is 2.18. The molecule has 0 saturated heterocycles. The van der Waals surface area contributed by atoms with E-state index in [1.807, 2.05) is 18.2 Å². The first-order chi connectivity index (χ1) is 8.35. The molecule has 1 aliphatic carbocycles. The van der Waals surface area contributed by atoms with Crippen molar-refractivity contribution in [3.63, 3.8) is 0 Å². The minimum absolute atomic E-state index is 0.637. The summed E-state index contributed by atoms with van der Waals surface area (Å²) >= 11 is 0. The van der Waals surface area contributed by atoms with Gasteiger partial charge in [0, 0.05) is 13.7 Å². The third kappa shape index (κ3) is 3.29. The summed E-state index contributed by atoms with van der Waals surface area (Å²) in [6, 6.07) is 10.2. The van der Waals surface area contributed by atoms with Gasteiger partial charge < -0.3 is 10.1 Å². The highest BCUT2D eigenvalue weighted by atomic mass is 16.5. The number of methoxy groups -OCH3 is 1. The Morgan fingerprint density at radius 2 is 2.41 bits per heavy atom. The lowest BCUT2D eigenvalue weighted by molar-refractivity contribution is 0.199. The molecule has 2 unspecified atom stereocenters. The van der Waals surface area contributed by atoms with Gasteiger partial charge >= 0.3 is 0 Å². The molecule has 0 amide bonds. The largest absolute Gasteiger partial charge is 0.383 e. The number of hydrogen-bond donors (Lipinski definition) is 1. The number of rotatable bonds is 6. The van der Waals surface area contributed by atoms with Crippen LogP contribution in [-0.4, -0.2) is 26.8 Å². The Morgan fingerprint density at radius 1 is 1.53 bits per heavy atom. The van der Waals surface area contributed by atoms with Crippen LogP contribution in [0.25, 0.3) is 0 Å². The van der Waals surface area contributed by atoms with Gasteiger partial charge in [0.05, 0.1) is 18.2 Å². The molecule has 1 saturated carbocycles. The zero-order valence-corrected chi connectivity index (χ0v) is 10.1. The molecule has 3 nitrogen and oxygen atoms in total. The Morgan fingerprint density at radius 3 is 3.18 bits per heavy atom. The zero-order valence-electron chi connectivity index (χ0n) is 10.1.